The molecule has 0 unspecified atom stereocenters. The van der Waals surface area contributed by atoms with Crippen molar-refractivity contribution in [3.05, 3.63) is 45.8 Å². The zero-order valence-corrected chi connectivity index (χ0v) is 25.0. The van der Waals surface area contributed by atoms with Crippen LogP contribution in [0.25, 0.3) is 0 Å². The number of methoxy groups -OCH3 is 2. The monoisotopic (exact) mass is 595 g/mol. The summed E-state index contributed by atoms with van der Waals surface area (Å²) in [6, 6.07) is 5.25. The fourth-order valence-electron chi connectivity index (χ4n) is 4.26. The van der Waals surface area contributed by atoms with E-state index in [2.05, 4.69) is 34.7 Å². The first kappa shape index (κ1) is 31.6. The second kappa shape index (κ2) is 14.1. The van der Waals surface area contributed by atoms with Gasteiger partial charge >= 0.3 is 6.03 Å². The molecule has 0 radical (unpaired) electrons. The van der Waals surface area contributed by atoms with E-state index in [9.17, 15) is 22.8 Å². The Morgan fingerprint density at radius 3 is 2.23 bits per heavy atom. The zero-order chi connectivity index (χ0) is 29.4. The Morgan fingerprint density at radius 2 is 1.68 bits per heavy atom. The van der Waals surface area contributed by atoms with Gasteiger partial charge < -0.3 is 20.1 Å². The van der Waals surface area contributed by atoms with Gasteiger partial charge in [-0.1, -0.05) is 0 Å². The van der Waals surface area contributed by atoms with Crippen LogP contribution in [-0.2, 0) is 32.5 Å². The Bertz CT molecular complexity index is 1300. The molecule has 0 aliphatic carbocycles. The molecule has 0 fully saturated rings. The van der Waals surface area contributed by atoms with E-state index in [4.69, 9.17) is 9.47 Å². The first-order valence-electron chi connectivity index (χ1n) is 12.8. The van der Waals surface area contributed by atoms with Crippen molar-refractivity contribution in [3.63, 3.8) is 0 Å². The molecule has 0 spiro atoms. The van der Waals surface area contributed by atoms with E-state index in [1.807, 2.05) is 0 Å². The van der Waals surface area contributed by atoms with Gasteiger partial charge in [-0.2, -0.15) is 4.31 Å². The maximum absolute atomic E-state index is 13.2. The molecular formula is C26H37N5O7S2. The Labute approximate surface area is 239 Å². The lowest BCUT2D eigenvalue weighted by atomic mass is 10.0. The Balaban J connectivity index is 1.86. The highest BCUT2D eigenvalue weighted by Crippen LogP contribution is 2.38. The van der Waals surface area contributed by atoms with Gasteiger partial charge in [-0.15, -0.1) is 11.3 Å². The maximum atomic E-state index is 13.2. The number of anilines is 1. The number of carbonyl (C=O) groups is 3. The third-order valence-electron chi connectivity index (χ3n) is 6.57. The van der Waals surface area contributed by atoms with Gasteiger partial charge in [-0.25, -0.2) is 13.2 Å². The number of hydrogen-bond donors (Lipinski definition) is 3. The second-order valence-corrected chi connectivity index (χ2v) is 12.5. The fraction of sp³-hybridized carbons (Fsp3) is 0.500. The molecule has 12 nitrogen and oxygen atoms in total. The molecule has 0 saturated heterocycles. The number of sulfonamides is 1. The van der Waals surface area contributed by atoms with Crippen LogP contribution >= 0.6 is 11.3 Å². The minimum atomic E-state index is -3.85. The number of nitrogens with zero attached hydrogens (tertiary/aromatic N) is 2. The summed E-state index contributed by atoms with van der Waals surface area (Å²) in [4.78, 5) is 41.4. The topological polar surface area (TPSA) is 146 Å². The van der Waals surface area contributed by atoms with Gasteiger partial charge in [-0.3, -0.25) is 19.8 Å². The number of urea groups is 1. The van der Waals surface area contributed by atoms with Crippen molar-refractivity contribution in [3.8, 4) is 0 Å². The van der Waals surface area contributed by atoms with E-state index in [0.717, 1.165) is 17.0 Å². The smallest absolute Gasteiger partial charge is 0.321 e. The molecule has 1 aliphatic rings. The maximum Gasteiger partial charge on any atom is 0.321 e. The number of hydrogen-bond acceptors (Lipinski definition) is 9. The Hall–Kier alpha value is -2.88. The van der Waals surface area contributed by atoms with E-state index < -0.39 is 27.9 Å². The number of amides is 4. The number of fused-ring (bicyclic) bond motifs is 1. The molecule has 3 N–H and O–H groups in total. The average Bonchev–Trinajstić information content (AvgIpc) is 3.29. The number of imide groups is 1. The van der Waals surface area contributed by atoms with Crippen LogP contribution in [0.5, 0.6) is 0 Å². The molecule has 14 heteroatoms. The van der Waals surface area contributed by atoms with E-state index in [1.165, 1.54) is 61.2 Å². The summed E-state index contributed by atoms with van der Waals surface area (Å²) in [6.45, 7) is 6.32. The van der Waals surface area contributed by atoms with Crippen LogP contribution in [0.2, 0.25) is 0 Å². The number of rotatable bonds is 12. The highest BCUT2D eigenvalue weighted by Gasteiger charge is 2.30. The number of thiophene rings is 1. The van der Waals surface area contributed by atoms with Crippen molar-refractivity contribution < 1.29 is 32.3 Å². The first-order chi connectivity index (χ1) is 19.0. The van der Waals surface area contributed by atoms with Crippen LogP contribution in [0.3, 0.4) is 0 Å². The second-order valence-electron chi connectivity index (χ2n) is 9.42. The standard InChI is InChI=1S/C26H37N5O7S2/c1-17(2)30-11-10-20-21(16-30)39-25(22(20)24(33)29-26(34)27-3)28-23(32)18-6-8-19(9-7-18)40(35,36)31(12-14-37-4)13-15-38-5/h6-9,17H,10-16H2,1-5H3,(H,28,32)(H2,27,29,33,34). The van der Waals surface area contributed by atoms with Crippen molar-refractivity contribution >= 4 is 44.2 Å². The van der Waals surface area contributed by atoms with Crippen molar-refractivity contribution in [1.82, 2.24) is 19.8 Å². The van der Waals surface area contributed by atoms with Crippen molar-refractivity contribution in [2.24, 2.45) is 0 Å². The summed E-state index contributed by atoms with van der Waals surface area (Å²) in [7, 11) is 0.550. The van der Waals surface area contributed by atoms with Gasteiger partial charge in [0.2, 0.25) is 10.0 Å². The molecule has 4 amide bonds. The van der Waals surface area contributed by atoms with E-state index >= 15 is 0 Å². The minimum absolute atomic E-state index is 0.0299. The van der Waals surface area contributed by atoms with Crippen LogP contribution in [-0.4, -0.2) is 95.6 Å². The molecule has 0 saturated carbocycles. The molecule has 40 heavy (non-hydrogen) atoms. The predicted molar refractivity (Wildman–Crippen MR) is 152 cm³/mol. The SMILES string of the molecule is CNC(=O)NC(=O)c1c(NC(=O)c2ccc(S(=O)(=O)N(CCOC)CCOC)cc2)sc2c1CCN(C(C)C)C2. The van der Waals surface area contributed by atoms with Crippen LogP contribution in [0.1, 0.15) is 45.0 Å². The molecule has 0 bridgehead atoms. The highest BCUT2D eigenvalue weighted by molar-refractivity contribution is 7.89. The summed E-state index contributed by atoms with van der Waals surface area (Å²) in [5, 5.41) is 7.81. The molecule has 1 aromatic heterocycles. The van der Waals surface area contributed by atoms with Crippen LogP contribution in [0, 0.1) is 0 Å². The van der Waals surface area contributed by atoms with Crippen molar-refractivity contribution in [2.75, 3.05) is 59.4 Å². The Kier molecular flexibility index (Phi) is 11.2. The van der Waals surface area contributed by atoms with E-state index in [1.54, 1.807) is 0 Å². The molecule has 220 valence electrons. The van der Waals surface area contributed by atoms with Crippen LogP contribution < -0.4 is 16.0 Å². The number of carbonyl (C=O) groups excluding carboxylic acids is 3. The summed E-state index contributed by atoms with van der Waals surface area (Å²) < 4.78 is 37.7. The van der Waals surface area contributed by atoms with Crippen molar-refractivity contribution in [1.29, 1.82) is 0 Å². The minimum Gasteiger partial charge on any atom is -0.383 e. The molecule has 2 heterocycles. The van der Waals surface area contributed by atoms with E-state index in [-0.39, 0.29) is 42.3 Å². The fourth-order valence-corrected chi connectivity index (χ4v) is 6.94. The Morgan fingerprint density at radius 1 is 1.05 bits per heavy atom. The third-order valence-corrected chi connectivity index (χ3v) is 9.61. The molecular weight excluding hydrogens is 558 g/mol. The van der Waals surface area contributed by atoms with Gasteiger partial charge in [0.15, 0.2) is 0 Å². The zero-order valence-electron chi connectivity index (χ0n) is 23.4. The largest absolute Gasteiger partial charge is 0.383 e. The van der Waals surface area contributed by atoms with Gasteiger partial charge in [0.05, 0.1) is 23.7 Å². The lowest BCUT2D eigenvalue weighted by Crippen LogP contribution is -2.39. The highest BCUT2D eigenvalue weighted by atomic mass is 32.2. The quantitative estimate of drug-likeness (QED) is 0.338. The van der Waals surface area contributed by atoms with Gasteiger partial charge in [0.25, 0.3) is 11.8 Å². The summed E-state index contributed by atoms with van der Waals surface area (Å²) in [5.74, 6) is -1.10. The summed E-state index contributed by atoms with van der Waals surface area (Å²) in [6.07, 6.45) is 0.603. The average molecular weight is 596 g/mol. The molecule has 0 atom stereocenters. The molecule has 1 aromatic carbocycles. The van der Waals surface area contributed by atoms with Gasteiger partial charge in [0, 0.05) is 63.9 Å². The van der Waals surface area contributed by atoms with E-state index in [0.29, 0.717) is 24.0 Å². The van der Waals surface area contributed by atoms with Crippen LogP contribution in [0.15, 0.2) is 29.2 Å². The van der Waals surface area contributed by atoms with Gasteiger partial charge in [-0.05, 0) is 50.1 Å². The molecule has 1 aliphatic heterocycles. The molecule has 2 aromatic rings. The molecule has 3 rings (SSSR count). The van der Waals surface area contributed by atoms with Crippen molar-refractivity contribution in [2.45, 2.75) is 37.8 Å². The van der Waals surface area contributed by atoms with Crippen LogP contribution in [0.4, 0.5) is 9.80 Å². The summed E-state index contributed by atoms with van der Waals surface area (Å²) in [5.41, 5.74) is 1.30. The number of benzene rings is 1. The lowest BCUT2D eigenvalue weighted by molar-refractivity contribution is 0.0963. The predicted octanol–water partition coefficient (Wildman–Crippen LogP) is 2.12. The number of nitrogens with one attached hydrogen (secondary N) is 3. The first-order valence-corrected chi connectivity index (χ1v) is 15.1. The third kappa shape index (κ3) is 7.44. The normalized spacial score (nSPS) is 13.8. The number of ether oxygens (including phenoxy) is 2. The van der Waals surface area contributed by atoms with Gasteiger partial charge in [0.1, 0.15) is 5.00 Å². The lowest BCUT2D eigenvalue weighted by Gasteiger charge is -2.30. The summed E-state index contributed by atoms with van der Waals surface area (Å²) >= 11 is 1.30.